The van der Waals surface area contributed by atoms with Gasteiger partial charge >= 0.3 is 0 Å². The minimum absolute atomic E-state index is 0.100. The van der Waals surface area contributed by atoms with Crippen LogP contribution in [-0.2, 0) is 6.54 Å². The van der Waals surface area contributed by atoms with E-state index in [9.17, 15) is 4.79 Å². The number of hydrogen-bond acceptors (Lipinski definition) is 4. The Hall–Kier alpha value is -1.14. The molecule has 1 saturated heterocycles. The highest BCUT2D eigenvalue weighted by molar-refractivity contribution is 7.16. The quantitative estimate of drug-likeness (QED) is 0.808. The molecule has 0 aromatic carbocycles. The number of amides is 1. The van der Waals surface area contributed by atoms with Crippen molar-refractivity contribution >= 4 is 40.4 Å². The fourth-order valence-corrected chi connectivity index (χ4v) is 4.60. The van der Waals surface area contributed by atoms with Gasteiger partial charge < -0.3 is 5.32 Å². The zero-order valence-electron chi connectivity index (χ0n) is 14.0. The van der Waals surface area contributed by atoms with Crippen molar-refractivity contribution in [3.05, 3.63) is 50.4 Å². The highest BCUT2D eigenvalue weighted by Gasteiger charge is 2.29. The standard InChI is InChI=1S/C18H21Cl2N3OS/c1-2-12-10-23(11-15-3-4-17(20)25-15)6-5-16(12)22-18(24)13-7-14(19)9-21-8-13/h3-4,7-9,12,16H,2,5-6,10-11H2,1H3,(H,22,24)/t12-,16+/m1/s1. The lowest BCUT2D eigenvalue weighted by atomic mass is 9.89. The van der Waals surface area contributed by atoms with Crippen molar-refractivity contribution in [2.75, 3.05) is 13.1 Å². The Balaban J connectivity index is 1.59. The van der Waals surface area contributed by atoms with Crippen molar-refractivity contribution in [3.8, 4) is 0 Å². The summed E-state index contributed by atoms with van der Waals surface area (Å²) in [4.78, 5) is 20.2. The highest BCUT2D eigenvalue weighted by Crippen LogP contribution is 2.26. The molecule has 0 radical (unpaired) electrons. The van der Waals surface area contributed by atoms with Crippen LogP contribution in [-0.4, -0.2) is 34.9 Å². The maximum atomic E-state index is 12.5. The van der Waals surface area contributed by atoms with Gasteiger partial charge in [0.05, 0.1) is 14.9 Å². The molecule has 0 unspecified atom stereocenters. The Kier molecular flexibility index (Phi) is 6.34. The number of aromatic nitrogens is 1. The Morgan fingerprint density at radius 1 is 1.40 bits per heavy atom. The van der Waals surface area contributed by atoms with E-state index in [1.165, 1.54) is 11.1 Å². The third kappa shape index (κ3) is 4.94. The molecule has 134 valence electrons. The van der Waals surface area contributed by atoms with E-state index in [0.29, 0.717) is 16.5 Å². The molecule has 1 N–H and O–H groups in total. The van der Waals surface area contributed by atoms with E-state index in [1.54, 1.807) is 23.6 Å². The number of halogens is 2. The van der Waals surface area contributed by atoms with Gasteiger partial charge in [-0.25, -0.2) is 0 Å². The Morgan fingerprint density at radius 2 is 2.24 bits per heavy atom. The van der Waals surface area contributed by atoms with Gasteiger partial charge in [0.25, 0.3) is 5.91 Å². The zero-order chi connectivity index (χ0) is 17.8. The molecule has 1 aliphatic heterocycles. The predicted octanol–water partition coefficient (Wildman–Crippen LogP) is 4.48. The molecule has 4 nitrogen and oxygen atoms in total. The van der Waals surface area contributed by atoms with E-state index in [-0.39, 0.29) is 11.9 Å². The van der Waals surface area contributed by atoms with Gasteiger partial charge in [0.2, 0.25) is 0 Å². The van der Waals surface area contributed by atoms with Crippen molar-refractivity contribution in [3.63, 3.8) is 0 Å². The second kappa shape index (κ2) is 8.49. The first-order chi connectivity index (χ1) is 12.0. The molecule has 25 heavy (non-hydrogen) atoms. The molecule has 3 rings (SSSR count). The van der Waals surface area contributed by atoms with Gasteiger partial charge in [-0.2, -0.15) is 0 Å². The topological polar surface area (TPSA) is 45.2 Å². The second-order valence-electron chi connectivity index (χ2n) is 6.37. The molecule has 1 fully saturated rings. The normalized spacial score (nSPS) is 21.2. The minimum atomic E-state index is -0.100. The molecule has 1 aliphatic rings. The largest absolute Gasteiger partial charge is 0.349 e. The van der Waals surface area contributed by atoms with Crippen LogP contribution in [0.1, 0.15) is 35.0 Å². The molecule has 0 saturated carbocycles. The molecule has 2 aromatic heterocycles. The van der Waals surface area contributed by atoms with Crippen LogP contribution in [0.3, 0.4) is 0 Å². The van der Waals surface area contributed by atoms with Crippen LogP contribution in [0.25, 0.3) is 0 Å². The first-order valence-corrected chi connectivity index (χ1v) is 10.0. The van der Waals surface area contributed by atoms with Gasteiger partial charge in [-0.3, -0.25) is 14.7 Å². The van der Waals surface area contributed by atoms with E-state index in [4.69, 9.17) is 23.2 Å². The Labute approximate surface area is 162 Å². The average molecular weight is 398 g/mol. The van der Waals surface area contributed by atoms with E-state index >= 15 is 0 Å². The highest BCUT2D eigenvalue weighted by atomic mass is 35.5. The van der Waals surface area contributed by atoms with Gasteiger partial charge in [-0.05, 0) is 30.5 Å². The fraction of sp³-hybridized carbons (Fsp3) is 0.444. The lowest BCUT2D eigenvalue weighted by Crippen LogP contribution is -2.50. The summed E-state index contributed by atoms with van der Waals surface area (Å²) in [5, 5.41) is 3.65. The van der Waals surface area contributed by atoms with Crippen molar-refractivity contribution in [2.45, 2.75) is 32.4 Å². The number of piperidine rings is 1. The van der Waals surface area contributed by atoms with Crippen LogP contribution in [0.2, 0.25) is 9.36 Å². The fourth-order valence-electron chi connectivity index (χ4n) is 3.30. The van der Waals surface area contributed by atoms with Crippen LogP contribution in [0.5, 0.6) is 0 Å². The van der Waals surface area contributed by atoms with Gasteiger partial charge in [-0.1, -0.05) is 36.5 Å². The van der Waals surface area contributed by atoms with Crippen molar-refractivity contribution in [2.24, 2.45) is 5.92 Å². The molecule has 0 spiro atoms. The minimum Gasteiger partial charge on any atom is -0.349 e. The van der Waals surface area contributed by atoms with Crippen LogP contribution in [0.15, 0.2) is 30.6 Å². The van der Waals surface area contributed by atoms with Crippen LogP contribution in [0, 0.1) is 5.92 Å². The van der Waals surface area contributed by atoms with Gasteiger partial charge in [0, 0.05) is 42.9 Å². The number of likely N-dealkylation sites (tertiary alicyclic amines) is 1. The monoisotopic (exact) mass is 397 g/mol. The van der Waals surface area contributed by atoms with Gasteiger partial charge in [-0.15, -0.1) is 11.3 Å². The summed E-state index contributed by atoms with van der Waals surface area (Å²) in [5.74, 6) is 0.331. The molecule has 0 bridgehead atoms. The maximum absolute atomic E-state index is 12.5. The van der Waals surface area contributed by atoms with Crippen molar-refractivity contribution in [1.82, 2.24) is 15.2 Å². The lowest BCUT2D eigenvalue weighted by Gasteiger charge is -2.38. The summed E-state index contributed by atoms with van der Waals surface area (Å²) in [6.07, 6.45) is 5.05. The van der Waals surface area contributed by atoms with Gasteiger partial charge in [0.1, 0.15) is 0 Å². The number of hydrogen-bond donors (Lipinski definition) is 1. The molecule has 2 aromatic rings. The third-order valence-electron chi connectivity index (χ3n) is 4.63. The van der Waals surface area contributed by atoms with E-state index in [1.807, 2.05) is 6.07 Å². The zero-order valence-corrected chi connectivity index (χ0v) is 16.4. The summed E-state index contributed by atoms with van der Waals surface area (Å²) < 4.78 is 0.833. The summed E-state index contributed by atoms with van der Waals surface area (Å²) >= 11 is 13.6. The SMILES string of the molecule is CC[C@@H]1CN(Cc2ccc(Cl)s2)CC[C@@H]1NC(=O)c1cncc(Cl)c1. The molecule has 0 aliphatic carbocycles. The molecule has 1 amide bonds. The van der Waals surface area contributed by atoms with Crippen LogP contribution < -0.4 is 5.32 Å². The first kappa shape index (κ1) is 18.6. The second-order valence-corrected chi connectivity index (χ2v) is 8.61. The smallest absolute Gasteiger partial charge is 0.253 e. The van der Waals surface area contributed by atoms with Crippen LogP contribution >= 0.6 is 34.5 Å². The number of pyridine rings is 1. The number of carbonyl (C=O) groups excluding carboxylic acids is 1. The molecular weight excluding hydrogens is 377 g/mol. The molecule has 2 atom stereocenters. The van der Waals surface area contributed by atoms with Gasteiger partial charge in [0.15, 0.2) is 0 Å². The summed E-state index contributed by atoms with van der Waals surface area (Å²) in [5.41, 5.74) is 0.512. The first-order valence-electron chi connectivity index (χ1n) is 8.43. The number of nitrogens with zero attached hydrogens (tertiary/aromatic N) is 2. The van der Waals surface area contributed by atoms with E-state index < -0.39 is 0 Å². The van der Waals surface area contributed by atoms with Crippen molar-refractivity contribution in [1.29, 1.82) is 0 Å². The average Bonchev–Trinajstić information content (AvgIpc) is 3.01. The van der Waals surface area contributed by atoms with E-state index in [0.717, 1.165) is 36.8 Å². The summed E-state index contributed by atoms with van der Waals surface area (Å²) in [6.45, 7) is 5.04. The van der Waals surface area contributed by atoms with Crippen LogP contribution in [0.4, 0.5) is 0 Å². The number of thiophene rings is 1. The summed E-state index contributed by atoms with van der Waals surface area (Å²) in [7, 11) is 0. The Morgan fingerprint density at radius 3 is 2.92 bits per heavy atom. The number of rotatable bonds is 5. The predicted molar refractivity (Wildman–Crippen MR) is 104 cm³/mol. The van der Waals surface area contributed by atoms with Crippen molar-refractivity contribution < 1.29 is 4.79 Å². The Bertz CT molecular complexity index is 737. The number of carbonyl (C=O) groups is 1. The maximum Gasteiger partial charge on any atom is 0.253 e. The number of nitrogens with one attached hydrogen (secondary N) is 1. The van der Waals surface area contributed by atoms with E-state index in [2.05, 4.69) is 28.2 Å². The molecule has 7 heteroatoms. The molecular formula is C18H21Cl2N3OS. The third-order valence-corrected chi connectivity index (χ3v) is 6.06. The summed E-state index contributed by atoms with van der Waals surface area (Å²) in [6, 6.07) is 5.87. The lowest BCUT2D eigenvalue weighted by molar-refractivity contribution is 0.0841. The molecule has 3 heterocycles.